The van der Waals surface area contributed by atoms with Crippen molar-refractivity contribution < 1.29 is 0 Å². The Kier molecular flexibility index (Phi) is 7.27. The van der Waals surface area contributed by atoms with E-state index in [1.54, 1.807) is 0 Å². The molecule has 0 aliphatic heterocycles. The first-order chi connectivity index (χ1) is 23.8. The van der Waals surface area contributed by atoms with Crippen LogP contribution in [-0.4, -0.2) is 12.6 Å². The number of benzene rings is 7. The smallest absolute Gasteiger partial charge is 0.196 e. The lowest BCUT2D eigenvalue weighted by Gasteiger charge is -2.35. The molecule has 0 bridgehead atoms. The second-order valence-corrected chi connectivity index (χ2v) is 15.6. The van der Waals surface area contributed by atoms with E-state index >= 15 is 0 Å². The topological polar surface area (TPSA) is 13.7 Å². The van der Waals surface area contributed by atoms with Crippen LogP contribution in [0.4, 0.5) is 11.4 Å². The Labute approximate surface area is 281 Å². The Balaban J connectivity index is 1.50. The highest BCUT2D eigenvalue weighted by atomic mass is 28.3. The zero-order chi connectivity index (χ0) is 32.5. The predicted molar refractivity (Wildman–Crippen MR) is 202 cm³/mol. The summed E-state index contributed by atoms with van der Waals surface area (Å²) in [5.74, 6) is 0. The van der Waals surface area contributed by atoms with Crippen LogP contribution >= 0.6 is 0 Å². The van der Waals surface area contributed by atoms with Crippen LogP contribution in [0.15, 0.2) is 176 Å². The van der Waals surface area contributed by atoms with E-state index in [-0.39, 0.29) is 0 Å². The lowest BCUT2D eigenvalue weighted by Crippen LogP contribution is -2.74. The van der Waals surface area contributed by atoms with E-state index < -0.39 is 8.07 Å². The third-order valence-corrected chi connectivity index (χ3v) is 14.2. The minimum atomic E-state index is -3.03. The third-order valence-electron chi connectivity index (χ3n) is 9.39. The van der Waals surface area contributed by atoms with Crippen molar-refractivity contribution in [2.75, 3.05) is 0 Å². The van der Waals surface area contributed by atoms with Crippen molar-refractivity contribution in [3.63, 3.8) is 0 Å². The van der Waals surface area contributed by atoms with Crippen LogP contribution in [0, 0.1) is 13.1 Å². The highest BCUT2D eigenvalue weighted by Gasteiger charge is 2.43. The second-order valence-electron chi connectivity index (χ2n) is 11.8. The van der Waals surface area contributed by atoms with E-state index in [1.165, 1.54) is 26.3 Å². The SMILES string of the molecule is [C-]#[N+]c1ccc(-c2c([N+]#[C-])cccc2-n2c3ccccc3c3ccccc32)cc1[Si](c1ccccc1)(c1ccccc1)c1ccccc1. The maximum Gasteiger partial charge on any atom is 0.196 e. The van der Waals surface area contributed by atoms with Crippen LogP contribution in [0.5, 0.6) is 0 Å². The van der Waals surface area contributed by atoms with E-state index in [0.29, 0.717) is 11.4 Å². The lowest BCUT2D eigenvalue weighted by atomic mass is 10.0. The van der Waals surface area contributed by atoms with Crippen LogP contribution in [0.25, 0.3) is 48.3 Å². The fraction of sp³-hybridized carbons (Fsp3) is 0. The molecule has 0 saturated heterocycles. The Bertz CT molecular complexity index is 2370. The van der Waals surface area contributed by atoms with Crippen LogP contribution < -0.4 is 20.7 Å². The normalized spacial score (nSPS) is 11.3. The summed E-state index contributed by atoms with van der Waals surface area (Å²) in [5.41, 5.74) is 6.08. The van der Waals surface area contributed by atoms with Gasteiger partial charge in [0.15, 0.2) is 19.4 Å². The average Bonchev–Trinajstić information content (AvgIpc) is 3.50. The number of rotatable bonds is 6. The molecule has 0 aliphatic carbocycles. The first-order valence-electron chi connectivity index (χ1n) is 15.9. The van der Waals surface area contributed by atoms with Gasteiger partial charge in [-0.1, -0.05) is 158 Å². The van der Waals surface area contributed by atoms with Crippen LogP contribution in [0.3, 0.4) is 0 Å². The number of aromatic nitrogens is 1. The van der Waals surface area contributed by atoms with E-state index in [4.69, 9.17) is 13.1 Å². The van der Waals surface area contributed by atoms with Crippen molar-refractivity contribution in [1.82, 2.24) is 4.57 Å². The zero-order valence-electron chi connectivity index (χ0n) is 26.1. The molecule has 48 heavy (non-hydrogen) atoms. The molecule has 3 nitrogen and oxygen atoms in total. The molecular weight excluding hydrogens is 599 g/mol. The molecule has 8 aromatic rings. The molecule has 0 unspecified atom stereocenters. The second kappa shape index (κ2) is 12.0. The summed E-state index contributed by atoms with van der Waals surface area (Å²) in [4.78, 5) is 8.24. The largest absolute Gasteiger partial charge is 0.310 e. The van der Waals surface area contributed by atoms with Crippen molar-refractivity contribution in [3.05, 3.63) is 199 Å². The summed E-state index contributed by atoms with van der Waals surface area (Å²) < 4.78 is 2.29. The quantitative estimate of drug-likeness (QED) is 0.0993. The van der Waals surface area contributed by atoms with Crippen molar-refractivity contribution in [2.45, 2.75) is 0 Å². The van der Waals surface area contributed by atoms with Gasteiger partial charge in [-0.15, -0.1) is 0 Å². The van der Waals surface area contributed by atoms with Gasteiger partial charge in [0, 0.05) is 22.0 Å². The Hall–Kier alpha value is -6.46. The minimum absolute atomic E-state index is 0.572. The lowest BCUT2D eigenvalue weighted by molar-refractivity contribution is 1.18. The Morgan fingerprint density at radius 1 is 0.438 bits per heavy atom. The molecular formula is C44H29N3Si. The monoisotopic (exact) mass is 627 g/mol. The maximum absolute atomic E-state index is 8.44. The highest BCUT2D eigenvalue weighted by Crippen LogP contribution is 2.41. The van der Waals surface area contributed by atoms with Crippen LogP contribution in [0.1, 0.15) is 0 Å². The van der Waals surface area contributed by atoms with Gasteiger partial charge in [-0.05, 0) is 44.5 Å². The van der Waals surface area contributed by atoms with Gasteiger partial charge in [0.1, 0.15) is 0 Å². The van der Waals surface area contributed by atoms with Gasteiger partial charge < -0.3 is 4.57 Å². The van der Waals surface area contributed by atoms with Crippen molar-refractivity contribution >= 4 is 62.0 Å². The first-order valence-corrected chi connectivity index (χ1v) is 17.9. The van der Waals surface area contributed by atoms with Crippen molar-refractivity contribution in [2.24, 2.45) is 0 Å². The van der Waals surface area contributed by atoms with E-state index in [9.17, 15) is 0 Å². The first kappa shape index (κ1) is 29.0. The van der Waals surface area contributed by atoms with Crippen LogP contribution in [0.2, 0.25) is 0 Å². The molecule has 7 aromatic carbocycles. The van der Waals surface area contributed by atoms with E-state index in [2.05, 4.69) is 166 Å². The Morgan fingerprint density at radius 2 is 0.917 bits per heavy atom. The zero-order valence-corrected chi connectivity index (χ0v) is 27.1. The molecule has 0 amide bonds. The van der Waals surface area contributed by atoms with E-state index in [0.717, 1.165) is 33.0 Å². The summed E-state index contributed by atoms with van der Waals surface area (Å²) in [6.45, 7) is 16.8. The summed E-state index contributed by atoms with van der Waals surface area (Å²) in [7, 11) is -3.03. The number of para-hydroxylation sites is 2. The molecule has 0 radical (unpaired) electrons. The minimum Gasteiger partial charge on any atom is -0.310 e. The number of nitrogens with zero attached hydrogens (tertiary/aromatic N) is 3. The summed E-state index contributed by atoms with van der Waals surface area (Å²) in [6.07, 6.45) is 0. The highest BCUT2D eigenvalue weighted by molar-refractivity contribution is 7.20. The molecule has 0 saturated carbocycles. The Morgan fingerprint density at radius 3 is 1.42 bits per heavy atom. The predicted octanol–water partition coefficient (Wildman–Crippen LogP) is 8.93. The van der Waals surface area contributed by atoms with Gasteiger partial charge in [-0.2, -0.15) is 0 Å². The summed E-state index contributed by atoms with van der Waals surface area (Å²) >= 11 is 0. The van der Waals surface area contributed by atoms with Crippen molar-refractivity contribution in [1.29, 1.82) is 0 Å². The summed E-state index contributed by atoms with van der Waals surface area (Å²) in [6, 6.07) is 61.1. The molecule has 8 rings (SSSR count). The molecule has 224 valence electrons. The molecule has 0 aliphatic rings. The van der Waals surface area contributed by atoms with Gasteiger partial charge in [0.25, 0.3) is 0 Å². The average molecular weight is 628 g/mol. The fourth-order valence-corrected chi connectivity index (χ4v) is 12.3. The number of hydrogen-bond acceptors (Lipinski definition) is 0. The van der Waals surface area contributed by atoms with Gasteiger partial charge in [0.05, 0.1) is 24.2 Å². The van der Waals surface area contributed by atoms with Gasteiger partial charge in [0.2, 0.25) is 0 Å². The molecule has 0 atom stereocenters. The third kappa shape index (κ3) is 4.48. The number of fused-ring (bicyclic) bond motifs is 3. The molecule has 1 heterocycles. The maximum atomic E-state index is 8.44. The number of hydrogen-bond donors (Lipinski definition) is 0. The van der Waals surface area contributed by atoms with Gasteiger partial charge in [-0.25, -0.2) is 9.69 Å². The summed E-state index contributed by atoms with van der Waals surface area (Å²) in [5, 5.41) is 6.94. The fourth-order valence-electron chi connectivity index (χ4n) is 7.41. The standard InChI is InChI=1S/C44H29N3Si/c1-45-38-30-29-32(31-43(38)48(33-17-6-3-7-18-33,34-19-8-4-9-20-34)35-21-10-5-11-22-35)44-39(46-2)25-16-28-42(44)47-40-26-14-12-23-36(40)37-24-13-15-27-41(37)47/h3-31H. The molecule has 0 fully saturated rings. The van der Waals surface area contributed by atoms with E-state index in [1.807, 2.05) is 24.3 Å². The molecule has 4 heteroatoms. The van der Waals surface area contributed by atoms with Gasteiger partial charge >= 0.3 is 0 Å². The molecule has 1 aromatic heterocycles. The van der Waals surface area contributed by atoms with Gasteiger partial charge in [-0.3, -0.25) is 0 Å². The molecule has 0 N–H and O–H groups in total. The van der Waals surface area contributed by atoms with Crippen LogP contribution in [-0.2, 0) is 0 Å². The molecule has 0 spiro atoms. The van der Waals surface area contributed by atoms with Crippen molar-refractivity contribution in [3.8, 4) is 16.8 Å².